The van der Waals surface area contributed by atoms with Gasteiger partial charge in [0, 0.05) is 50.0 Å². The van der Waals surface area contributed by atoms with Crippen molar-refractivity contribution in [2.75, 3.05) is 39.0 Å². The number of carbonyl (C=O) groups is 1. The Morgan fingerprint density at radius 2 is 1.68 bits per heavy atom. The highest BCUT2D eigenvalue weighted by Crippen LogP contribution is 2.31. The lowest BCUT2D eigenvalue weighted by molar-refractivity contribution is -0.0980. The number of carbonyl (C=O) groups excluding carboxylic acids is 1. The van der Waals surface area contributed by atoms with Gasteiger partial charge in [0.25, 0.3) is 0 Å². The van der Waals surface area contributed by atoms with Gasteiger partial charge in [-0.25, -0.2) is 5.12 Å². The largest absolute Gasteiger partial charge is 0.361 e. The van der Waals surface area contributed by atoms with E-state index >= 15 is 4.48 Å². The molecule has 1 aromatic heterocycles. The van der Waals surface area contributed by atoms with Crippen molar-refractivity contribution in [2.24, 2.45) is 5.92 Å². The predicted octanol–water partition coefficient (Wildman–Crippen LogP) is 5.25. The average Bonchev–Trinajstić information content (AvgIpc) is 3.40. The van der Waals surface area contributed by atoms with Gasteiger partial charge >= 0.3 is 0 Å². The van der Waals surface area contributed by atoms with Crippen LogP contribution in [0.25, 0.3) is 16.6 Å². The van der Waals surface area contributed by atoms with Crippen LogP contribution < -0.4 is 16.0 Å². The number of rotatable bonds is 12. The molecule has 6 nitrogen and oxygen atoms in total. The Morgan fingerprint density at radius 3 is 2.35 bits per heavy atom. The molecule has 1 atom stereocenters. The Morgan fingerprint density at radius 1 is 0.973 bits per heavy atom. The Hall–Kier alpha value is -3.94. The van der Waals surface area contributed by atoms with E-state index in [1.165, 1.54) is 12.6 Å². The minimum absolute atomic E-state index is 0.0961. The lowest BCUT2D eigenvalue weighted by Crippen LogP contribution is -2.34. The number of aromatic amines is 1. The maximum Gasteiger partial charge on any atom is 0.106 e. The van der Waals surface area contributed by atoms with Crippen molar-refractivity contribution in [3.05, 3.63) is 108 Å². The van der Waals surface area contributed by atoms with Crippen LogP contribution in [-0.4, -0.2) is 50.6 Å². The van der Waals surface area contributed by atoms with E-state index < -0.39 is 0 Å². The molecule has 0 aliphatic rings. The summed E-state index contributed by atoms with van der Waals surface area (Å²) in [6, 6.07) is 28.5. The quantitative estimate of drug-likeness (QED) is 0.158. The molecule has 0 spiro atoms. The van der Waals surface area contributed by atoms with E-state index in [1.54, 1.807) is 0 Å². The van der Waals surface area contributed by atoms with Crippen molar-refractivity contribution < 1.29 is 9.28 Å². The first kappa shape index (κ1) is 27.6. The van der Waals surface area contributed by atoms with Gasteiger partial charge in [0.1, 0.15) is 6.79 Å². The Labute approximate surface area is 218 Å². The summed E-state index contributed by atoms with van der Waals surface area (Å²) in [7, 11) is 3.42. The van der Waals surface area contributed by atoms with Crippen LogP contribution in [0.4, 0.5) is 10.2 Å². The molecule has 0 saturated carbocycles. The molecule has 0 aliphatic carbocycles. The van der Waals surface area contributed by atoms with Gasteiger partial charge in [0.05, 0.1) is 11.4 Å². The van der Waals surface area contributed by atoms with Gasteiger partial charge in [0.2, 0.25) is 0 Å². The average molecular weight is 502 g/mol. The molecule has 0 radical (unpaired) electrons. The van der Waals surface area contributed by atoms with Crippen LogP contribution in [0, 0.1) is 5.92 Å². The minimum Gasteiger partial charge on any atom is -0.361 e. The summed E-state index contributed by atoms with van der Waals surface area (Å²) in [5, 5.41) is 12.1. The van der Waals surface area contributed by atoms with Crippen molar-refractivity contribution in [3.63, 3.8) is 0 Å². The zero-order chi connectivity index (χ0) is 26.5. The Bertz CT molecular complexity index is 1240. The highest BCUT2D eigenvalue weighted by molar-refractivity contribution is 5.86. The van der Waals surface area contributed by atoms with Crippen LogP contribution in [0.2, 0.25) is 0 Å². The lowest BCUT2D eigenvalue weighted by atomic mass is 9.92. The molecule has 0 bridgehead atoms. The van der Waals surface area contributed by atoms with Gasteiger partial charge in [-0.15, -0.1) is 4.48 Å². The molecule has 0 amide bonds. The van der Waals surface area contributed by atoms with E-state index in [9.17, 15) is 0 Å². The first-order chi connectivity index (χ1) is 18.2. The van der Waals surface area contributed by atoms with Crippen molar-refractivity contribution in [1.82, 2.24) is 20.7 Å². The van der Waals surface area contributed by atoms with E-state index in [2.05, 4.69) is 45.2 Å². The number of nitrogens with one attached hydrogen (secondary N) is 4. The molecule has 0 saturated heterocycles. The molecule has 0 aliphatic heterocycles. The Balaban J connectivity index is 0.00000186. The summed E-state index contributed by atoms with van der Waals surface area (Å²) >= 11 is 0. The summed E-state index contributed by atoms with van der Waals surface area (Å²) in [5.74, 6) is -0.0961. The van der Waals surface area contributed by atoms with E-state index in [1.807, 2.05) is 80.7 Å². The van der Waals surface area contributed by atoms with Crippen molar-refractivity contribution in [2.45, 2.75) is 6.42 Å². The summed E-state index contributed by atoms with van der Waals surface area (Å²) in [6.45, 7) is 4.30. The molecule has 37 heavy (non-hydrogen) atoms. The maximum absolute atomic E-state index is 15.4. The third-order valence-corrected chi connectivity index (χ3v) is 6.13. The molecule has 0 fully saturated rings. The number of H-pyrrole nitrogens is 1. The van der Waals surface area contributed by atoms with E-state index in [0.717, 1.165) is 46.1 Å². The molecular weight excluding hydrogens is 465 g/mol. The van der Waals surface area contributed by atoms with Crippen LogP contribution in [0.15, 0.2) is 96.8 Å². The fraction of sp³-hybridized carbons (Fsp3) is 0.233. The smallest absolute Gasteiger partial charge is 0.106 e. The monoisotopic (exact) mass is 501 g/mol. The number of fused-ring (bicyclic) bond motifs is 1. The van der Waals surface area contributed by atoms with E-state index in [0.29, 0.717) is 18.7 Å². The van der Waals surface area contributed by atoms with Crippen LogP contribution in [0.1, 0.15) is 11.1 Å². The zero-order valence-electron chi connectivity index (χ0n) is 21.5. The number of hydrogen-bond donors (Lipinski definition) is 4. The number of hydrogen-bond acceptors (Lipinski definition) is 5. The fourth-order valence-electron chi connectivity index (χ4n) is 4.42. The second kappa shape index (κ2) is 14.6. The molecular formula is C30H36FN5O. The van der Waals surface area contributed by atoms with Gasteiger partial charge in [-0.2, -0.15) is 0 Å². The highest BCUT2D eigenvalue weighted by atomic mass is 19.2. The van der Waals surface area contributed by atoms with Crippen LogP contribution in [0.3, 0.4) is 0 Å². The maximum atomic E-state index is 15.4. The predicted molar refractivity (Wildman–Crippen MR) is 152 cm³/mol. The summed E-state index contributed by atoms with van der Waals surface area (Å²) in [4.78, 5) is 11.3. The fourth-order valence-corrected chi connectivity index (χ4v) is 4.42. The molecule has 7 heteroatoms. The number of anilines is 1. The third kappa shape index (κ3) is 7.77. The molecule has 1 heterocycles. The van der Waals surface area contributed by atoms with Crippen LogP contribution in [-0.2, 0) is 11.2 Å². The number of likely N-dealkylation sites (N-methyl/N-ethyl adjacent to an activating group) is 1. The SMILES string of the molecule is C=O.CNCCNCC(Cc1ccccc1)/C(=C(/Nc1ccc2cc[nH]c2c1)c1ccccc1)N(C)F. The topological polar surface area (TPSA) is 72.2 Å². The van der Waals surface area contributed by atoms with Crippen LogP contribution in [0.5, 0.6) is 0 Å². The van der Waals surface area contributed by atoms with Crippen molar-refractivity contribution >= 4 is 29.1 Å². The summed E-state index contributed by atoms with van der Waals surface area (Å²) < 4.78 is 15.4. The third-order valence-electron chi connectivity index (χ3n) is 6.13. The van der Waals surface area contributed by atoms with Crippen molar-refractivity contribution in [1.29, 1.82) is 0 Å². The normalized spacial score (nSPS) is 12.3. The second-order valence-electron chi connectivity index (χ2n) is 8.70. The summed E-state index contributed by atoms with van der Waals surface area (Å²) in [6.07, 6.45) is 2.64. The lowest BCUT2D eigenvalue weighted by Gasteiger charge is -2.28. The van der Waals surface area contributed by atoms with Crippen LogP contribution >= 0.6 is 0 Å². The number of nitrogens with zero attached hydrogens (tertiary/aromatic N) is 1. The van der Waals surface area contributed by atoms with Crippen molar-refractivity contribution in [3.8, 4) is 0 Å². The minimum atomic E-state index is -0.0961. The number of aromatic nitrogens is 1. The molecule has 4 rings (SSSR count). The molecule has 3 aromatic carbocycles. The van der Waals surface area contributed by atoms with Gasteiger partial charge in [0.15, 0.2) is 0 Å². The van der Waals surface area contributed by atoms with Gasteiger partial charge in [-0.1, -0.05) is 66.7 Å². The molecule has 1 unspecified atom stereocenters. The van der Waals surface area contributed by atoms with E-state index in [-0.39, 0.29) is 5.92 Å². The number of benzene rings is 3. The second-order valence-corrected chi connectivity index (χ2v) is 8.70. The first-order valence-corrected chi connectivity index (χ1v) is 12.4. The van der Waals surface area contributed by atoms with Gasteiger partial charge in [-0.3, -0.25) is 0 Å². The molecule has 194 valence electrons. The Kier molecular flexibility index (Phi) is 10.9. The van der Waals surface area contributed by atoms with Gasteiger partial charge < -0.3 is 25.7 Å². The molecule has 4 N–H and O–H groups in total. The standard InChI is InChI=1S/C29H34FN5.CH2O/c1-31-17-18-32-21-25(19-22-9-5-3-6-10-22)29(35(2)30)28(24-11-7-4-8-12-24)34-26-14-13-23-15-16-33-27(23)20-26;1-2/h3-16,20,25,31-34H,17-19,21H2,1-2H3;1H2/b29-28-;. The van der Waals surface area contributed by atoms with Gasteiger partial charge in [-0.05, 0) is 48.2 Å². The van der Waals surface area contributed by atoms with E-state index in [4.69, 9.17) is 4.79 Å². The number of halogens is 1. The first-order valence-electron chi connectivity index (χ1n) is 12.4. The summed E-state index contributed by atoms with van der Waals surface area (Å²) in [5.41, 5.74) is 5.42. The highest BCUT2D eigenvalue weighted by Gasteiger charge is 2.24. The molecule has 4 aromatic rings. The zero-order valence-corrected chi connectivity index (χ0v) is 21.5.